The van der Waals surface area contributed by atoms with Crippen LogP contribution in [-0.2, 0) is 11.3 Å². The van der Waals surface area contributed by atoms with E-state index in [0.29, 0.717) is 18.9 Å². The van der Waals surface area contributed by atoms with E-state index in [-0.39, 0.29) is 5.91 Å². The summed E-state index contributed by atoms with van der Waals surface area (Å²) in [5.74, 6) is 1.04. The average molecular weight is 320 g/mol. The van der Waals surface area contributed by atoms with Crippen molar-refractivity contribution in [3.8, 4) is 0 Å². The van der Waals surface area contributed by atoms with Gasteiger partial charge in [0.2, 0.25) is 5.91 Å². The first kappa shape index (κ1) is 17.3. The fraction of sp³-hybridized carbons (Fsp3) is 0.688. The van der Waals surface area contributed by atoms with Crippen LogP contribution in [0.3, 0.4) is 0 Å². The number of aliphatic imine (C=N–C) groups is 1. The number of primary amides is 1. The summed E-state index contributed by atoms with van der Waals surface area (Å²) in [5.41, 5.74) is 6.50. The van der Waals surface area contributed by atoms with Crippen LogP contribution < -0.4 is 11.1 Å². The van der Waals surface area contributed by atoms with E-state index in [1.165, 1.54) is 0 Å². The van der Waals surface area contributed by atoms with Crippen molar-refractivity contribution in [3.05, 3.63) is 18.0 Å². The molecule has 0 radical (unpaired) electrons. The van der Waals surface area contributed by atoms with Crippen LogP contribution in [0.15, 0.2) is 17.4 Å². The summed E-state index contributed by atoms with van der Waals surface area (Å²) in [7, 11) is 0. The maximum Gasteiger partial charge on any atom is 0.217 e. The zero-order valence-electron chi connectivity index (χ0n) is 14.2. The van der Waals surface area contributed by atoms with Gasteiger partial charge in [-0.25, -0.2) is 0 Å². The Balaban J connectivity index is 1.93. The number of rotatable bonds is 6. The highest BCUT2D eigenvalue weighted by Gasteiger charge is 2.23. The van der Waals surface area contributed by atoms with Gasteiger partial charge in [-0.1, -0.05) is 0 Å². The predicted octanol–water partition coefficient (Wildman–Crippen LogP) is 0.744. The summed E-state index contributed by atoms with van der Waals surface area (Å²) in [5, 5.41) is 7.63. The van der Waals surface area contributed by atoms with E-state index >= 15 is 0 Å². The van der Waals surface area contributed by atoms with Gasteiger partial charge in [0.25, 0.3) is 0 Å². The van der Waals surface area contributed by atoms with Gasteiger partial charge in [-0.05, 0) is 38.2 Å². The number of hydrogen-bond acceptors (Lipinski definition) is 3. The zero-order valence-corrected chi connectivity index (χ0v) is 14.2. The molecule has 0 aliphatic carbocycles. The quantitative estimate of drug-likeness (QED) is 0.598. The zero-order chi connectivity index (χ0) is 16.7. The van der Waals surface area contributed by atoms with Crippen molar-refractivity contribution < 1.29 is 4.79 Å². The third-order valence-corrected chi connectivity index (χ3v) is 4.00. The minimum atomic E-state index is -0.215. The van der Waals surface area contributed by atoms with E-state index in [0.717, 1.165) is 50.5 Å². The van der Waals surface area contributed by atoms with Gasteiger partial charge in [-0.3, -0.25) is 14.5 Å². The Morgan fingerprint density at radius 1 is 1.57 bits per heavy atom. The van der Waals surface area contributed by atoms with Crippen molar-refractivity contribution in [1.29, 1.82) is 0 Å². The van der Waals surface area contributed by atoms with E-state index in [9.17, 15) is 4.79 Å². The second kappa shape index (κ2) is 8.55. The van der Waals surface area contributed by atoms with Gasteiger partial charge in [0.15, 0.2) is 5.96 Å². The highest BCUT2D eigenvalue weighted by atomic mass is 16.1. The molecular weight excluding hydrogens is 292 g/mol. The monoisotopic (exact) mass is 320 g/mol. The van der Waals surface area contributed by atoms with Gasteiger partial charge in [-0.15, -0.1) is 0 Å². The van der Waals surface area contributed by atoms with Crippen LogP contribution >= 0.6 is 0 Å². The standard InChI is InChI=1S/C16H28N6O/c1-3-18-16(19-6-8-22-11-13(2)10-20-22)21-7-4-5-14(12-21)9-15(17)23/h10-11,14H,3-9,12H2,1-2H3,(H2,17,23)(H,18,19). The maximum atomic E-state index is 11.1. The number of likely N-dealkylation sites (tertiary alicyclic amines) is 1. The molecule has 3 N–H and O–H groups in total. The summed E-state index contributed by atoms with van der Waals surface area (Å²) < 4.78 is 1.91. The van der Waals surface area contributed by atoms with Crippen molar-refractivity contribution in [2.75, 3.05) is 26.2 Å². The number of piperidine rings is 1. The second-order valence-electron chi connectivity index (χ2n) is 6.14. The Kier molecular flexibility index (Phi) is 6.43. The molecule has 0 spiro atoms. The molecule has 7 heteroatoms. The molecule has 7 nitrogen and oxygen atoms in total. The molecule has 1 aliphatic rings. The third-order valence-electron chi connectivity index (χ3n) is 4.00. The Hall–Kier alpha value is -2.05. The lowest BCUT2D eigenvalue weighted by molar-refractivity contribution is -0.119. The molecule has 1 aromatic heterocycles. The lowest BCUT2D eigenvalue weighted by Gasteiger charge is -2.34. The van der Waals surface area contributed by atoms with Crippen LogP contribution in [0.4, 0.5) is 0 Å². The van der Waals surface area contributed by atoms with Crippen molar-refractivity contribution in [2.24, 2.45) is 16.6 Å². The summed E-state index contributed by atoms with van der Waals surface area (Å²) >= 11 is 0. The van der Waals surface area contributed by atoms with Crippen molar-refractivity contribution in [3.63, 3.8) is 0 Å². The molecule has 128 valence electrons. The predicted molar refractivity (Wildman–Crippen MR) is 91.1 cm³/mol. The van der Waals surface area contributed by atoms with Gasteiger partial charge in [0.05, 0.1) is 19.3 Å². The average Bonchev–Trinajstić information content (AvgIpc) is 2.91. The minimum absolute atomic E-state index is 0.215. The summed E-state index contributed by atoms with van der Waals surface area (Å²) in [6, 6.07) is 0. The smallest absolute Gasteiger partial charge is 0.217 e. The normalized spacial score (nSPS) is 19.0. The number of carbonyl (C=O) groups is 1. The molecule has 2 rings (SSSR count). The first-order valence-electron chi connectivity index (χ1n) is 8.39. The van der Waals surface area contributed by atoms with E-state index in [2.05, 4.69) is 22.2 Å². The lowest BCUT2D eigenvalue weighted by atomic mass is 9.95. The summed E-state index contributed by atoms with van der Waals surface area (Å²) in [4.78, 5) is 18.1. The fourth-order valence-corrected chi connectivity index (χ4v) is 2.98. The lowest BCUT2D eigenvalue weighted by Crippen LogP contribution is -2.47. The first-order valence-corrected chi connectivity index (χ1v) is 8.39. The molecule has 1 amide bonds. The first-order chi connectivity index (χ1) is 11.1. The number of carbonyl (C=O) groups excluding carboxylic acids is 1. The van der Waals surface area contributed by atoms with Crippen molar-refractivity contribution >= 4 is 11.9 Å². The number of nitrogens with one attached hydrogen (secondary N) is 1. The fourth-order valence-electron chi connectivity index (χ4n) is 2.98. The molecule has 2 heterocycles. The minimum Gasteiger partial charge on any atom is -0.370 e. The van der Waals surface area contributed by atoms with E-state index < -0.39 is 0 Å². The molecular formula is C16H28N6O. The van der Waals surface area contributed by atoms with Gasteiger partial charge >= 0.3 is 0 Å². The molecule has 1 atom stereocenters. The van der Waals surface area contributed by atoms with Crippen LogP contribution in [0.2, 0.25) is 0 Å². The molecule has 1 saturated heterocycles. The van der Waals surface area contributed by atoms with Crippen molar-refractivity contribution in [2.45, 2.75) is 39.7 Å². The Morgan fingerprint density at radius 2 is 2.39 bits per heavy atom. The van der Waals surface area contributed by atoms with Crippen LogP contribution in [0.25, 0.3) is 0 Å². The second-order valence-corrected chi connectivity index (χ2v) is 6.14. The Labute approximate surface area is 137 Å². The van der Waals surface area contributed by atoms with Crippen LogP contribution in [-0.4, -0.2) is 52.7 Å². The number of amides is 1. The van der Waals surface area contributed by atoms with Crippen molar-refractivity contribution in [1.82, 2.24) is 20.0 Å². The molecule has 1 aromatic rings. The molecule has 1 unspecified atom stereocenters. The van der Waals surface area contributed by atoms with Crippen LogP contribution in [0, 0.1) is 12.8 Å². The molecule has 0 aromatic carbocycles. The largest absolute Gasteiger partial charge is 0.370 e. The Morgan fingerprint density at radius 3 is 3.04 bits per heavy atom. The van der Waals surface area contributed by atoms with E-state index in [1.807, 2.05) is 24.0 Å². The number of aromatic nitrogens is 2. The van der Waals surface area contributed by atoms with E-state index in [4.69, 9.17) is 10.7 Å². The van der Waals surface area contributed by atoms with Gasteiger partial charge in [0.1, 0.15) is 0 Å². The van der Waals surface area contributed by atoms with Crippen LogP contribution in [0.1, 0.15) is 31.7 Å². The highest BCUT2D eigenvalue weighted by Crippen LogP contribution is 2.19. The van der Waals surface area contributed by atoms with E-state index in [1.54, 1.807) is 0 Å². The SMILES string of the molecule is CCNC(=NCCn1cc(C)cn1)N1CCCC(CC(N)=O)C1. The molecule has 1 aliphatic heterocycles. The van der Waals surface area contributed by atoms with Gasteiger partial charge in [-0.2, -0.15) is 5.10 Å². The number of aryl methyl sites for hydroxylation is 1. The highest BCUT2D eigenvalue weighted by molar-refractivity contribution is 5.80. The third kappa shape index (κ3) is 5.58. The maximum absolute atomic E-state index is 11.1. The topological polar surface area (TPSA) is 88.5 Å². The molecule has 23 heavy (non-hydrogen) atoms. The Bertz CT molecular complexity index is 538. The summed E-state index contributed by atoms with van der Waals surface area (Å²) in [6.07, 6.45) is 6.47. The van der Waals surface area contributed by atoms with Gasteiger partial charge in [0, 0.05) is 32.3 Å². The molecule has 0 saturated carbocycles. The molecule has 0 bridgehead atoms. The number of hydrogen-bond donors (Lipinski definition) is 2. The number of nitrogens with zero attached hydrogens (tertiary/aromatic N) is 4. The van der Waals surface area contributed by atoms with Crippen LogP contribution in [0.5, 0.6) is 0 Å². The number of nitrogens with two attached hydrogens (primary N) is 1. The molecule has 1 fully saturated rings. The summed E-state index contributed by atoms with van der Waals surface area (Å²) in [6.45, 7) is 8.19. The number of guanidine groups is 1. The van der Waals surface area contributed by atoms with Gasteiger partial charge < -0.3 is 16.0 Å².